The molecule has 0 aromatic carbocycles. The third-order valence-corrected chi connectivity index (χ3v) is 8.96. The number of amides is 1. The van der Waals surface area contributed by atoms with Gasteiger partial charge in [0.05, 0.1) is 0 Å². The Morgan fingerprint density at radius 1 is 1.10 bits per heavy atom. The molecular weight excluding hydrogens is 432 g/mol. The predicted molar refractivity (Wildman–Crippen MR) is 123 cm³/mol. The number of nitrogens with zero attached hydrogens (tertiary/aromatic N) is 3. The molecule has 0 aliphatic carbocycles. The molecule has 0 radical (unpaired) electrons. The summed E-state index contributed by atoms with van der Waals surface area (Å²) in [5.74, 6) is 0.577. The van der Waals surface area contributed by atoms with E-state index in [-0.39, 0.29) is 16.7 Å². The molecule has 2 saturated heterocycles. The van der Waals surface area contributed by atoms with Crippen molar-refractivity contribution in [3.63, 3.8) is 0 Å². The van der Waals surface area contributed by atoms with Gasteiger partial charge in [-0.3, -0.25) is 4.79 Å². The second-order valence-electron chi connectivity index (χ2n) is 8.17. The zero-order valence-corrected chi connectivity index (χ0v) is 19.3. The topological polar surface area (TPSA) is 82.6 Å². The quantitative estimate of drug-likeness (QED) is 0.684. The van der Waals surface area contributed by atoms with Crippen LogP contribution in [0.1, 0.15) is 37.0 Å². The summed E-state index contributed by atoms with van der Waals surface area (Å²) in [4.78, 5) is 20.6. The number of anilines is 1. The highest BCUT2D eigenvalue weighted by Crippen LogP contribution is 2.30. The van der Waals surface area contributed by atoms with Crippen LogP contribution in [0.3, 0.4) is 0 Å². The smallest absolute Gasteiger partial charge is 0.246 e. The lowest BCUT2D eigenvalue weighted by molar-refractivity contribution is -0.125. The van der Waals surface area contributed by atoms with E-state index in [1.54, 1.807) is 34.0 Å². The normalized spacial score (nSPS) is 18.8. The Kier molecular flexibility index (Phi) is 7.24. The molecule has 2 fully saturated rings. The molecule has 0 spiro atoms. The first-order chi connectivity index (χ1) is 15.1. The van der Waals surface area contributed by atoms with Gasteiger partial charge in [0.15, 0.2) is 0 Å². The maximum Gasteiger partial charge on any atom is 0.246 e. The van der Waals surface area contributed by atoms with Gasteiger partial charge in [0.25, 0.3) is 0 Å². The Bertz CT molecular complexity index is 964. The molecule has 168 valence electrons. The number of rotatable bonds is 7. The van der Waals surface area contributed by atoms with Crippen molar-refractivity contribution in [2.24, 2.45) is 5.92 Å². The van der Waals surface area contributed by atoms with E-state index in [0.717, 1.165) is 25.7 Å². The molecular formula is C22H30N4O3S2. The van der Waals surface area contributed by atoms with Crippen LogP contribution in [-0.2, 0) is 21.2 Å². The number of pyridine rings is 1. The van der Waals surface area contributed by atoms with Crippen molar-refractivity contribution >= 4 is 33.1 Å². The first-order valence-electron chi connectivity index (χ1n) is 11.1. The van der Waals surface area contributed by atoms with Crippen LogP contribution in [0.4, 0.5) is 5.82 Å². The second-order valence-corrected chi connectivity index (χ2v) is 11.1. The maximum atomic E-state index is 13.2. The number of hydrogen-bond donors (Lipinski definition) is 1. The van der Waals surface area contributed by atoms with Crippen molar-refractivity contribution in [3.8, 4) is 0 Å². The molecule has 9 heteroatoms. The van der Waals surface area contributed by atoms with Gasteiger partial charge in [-0.15, -0.1) is 11.3 Å². The summed E-state index contributed by atoms with van der Waals surface area (Å²) in [6, 6.07) is 7.45. The van der Waals surface area contributed by atoms with Crippen molar-refractivity contribution in [1.82, 2.24) is 14.6 Å². The number of piperidine rings is 2. The molecule has 1 N–H and O–H groups in total. The van der Waals surface area contributed by atoms with Gasteiger partial charge in [0, 0.05) is 49.7 Å². The highest BCUT2D eigenvalue weighted by molar-refractivity contribution is 7.89. The molecule has 2 aromatic heterocycles. The van der Waals surface area contributed by atoms with Crippen LogP contribution >= 0.6 is 11.3 Å². The van der Waals surface area contributed by atoms with E-state index in [4.69, 9.17) is 0 Å². The maximum absolute atomic E-state index is 13.2. The average Bonchev–Trinajstić information content (AvgIpc) is 3.33. The molecule has 2 aliphatic heterocycles. The number of nitrogens with one attached hydrogen (secondary N) is 1. The lowest BCUT2D eigenvalue weighted by atomic mass is 9.96. The SMILES string of the molecule is O=C(NCCc1cccs1)C1CCN(c2ncccc2S(=O)(=O)N2CCCCC2)CC1. The minimum atomic E-state index is -3.55. The Morgan fingerprint density at radius 2 is 1.87 bits per heavy atom. The monoisotopic (exact) mass is 462 g/mol. The van der Waals surface area contributed by atoms with Gasteiger partial charge >= 0.3 is 0 Å². The van der Waals surface area contributed by atoms with E-state index in [2.05, 4.69) is 16.4 Å². The first kappa shape index (κ1) is 22.2. The van der Waals surface area contributed by atoms with E-state index < -0.39 is 10.0 Å². The molecule has 0 unspecified atom stereocenters. The fraction of sp³-hybridized carbons (Fsp3) is 0.545. The van der Waals surface area contributed by atoms with Crippen LogP contribution in [0.15, 0.2) is 40.7 Å². The third kappa shape index (κ3) is 5.27. The molecule has 31 heavy (non-hydrogen) atoms. The fourth-order valence-corrected chi connectivity index (χ4v) is 6.72. The zero-order chi connectivity index (χ0) is 21.7. The Labute approximate surface area is 188 Å². The van der Waals surface area contributed by atoms with E-state index in [1.807, 2.05) is 16.3 Å². The molecule has 2 aliphatic rings. The van der Waals surface area contributed by atoms with Gasteiger partial charge in [-0.05, 0) is 55.7 Å². The summed E-state index contributed by atoms with van der Waals surface area (Å²) < 4.78 is 28.1. The van der Waals surface area contributed by atoms with Crippen molar-refractivity contribution in [1.29, 1.82) is 0 Å². The van der Waals surface area contributed by atoms with Gasteiger partial charge in [-0.1, -0.05) is 12.5 Å². The summed E-state index contributed by atoms with van der Waals surface area (Å²) in [7, 11) is -3.55. The first-order valence-corrected chi connectivity index (χ1v) is 13.4. The number of hydrogen-bond acceptors (Lipinski definition) is 6. The fourth-order valence-electron chi connectivity index (χ4n) is 4.33. The Balaban J connectivity index is 1.36. The molecule has 1 amide bonds. The van der Waals surface area contributed by atoms with E-state index in [0.29, 0.717) is 51.4 Å². The lowest BCUT2D eigenvalue weighted by Gasteiger charge is -2.34. The molecule has 7 nitrogen and oxygen atoms in total. The minimum absolute atomic E-state index is 0.0366. The predicted octanol–water partition coefficient (Wildman–Crippen LogP) is 2.89. The van der Waals surface area contributed by atoms with Crippen LogP contribution in [0.2, 0.25) is 0 Å². The van der Waals surface area contributed by atoms with Gasteiger partial charge in [-0.2, -0.15) is 4.31 Å². The molecule has 2 aromatic rings. The molecule has 0 atom stereocenters. The van der Waals surface area contributed by atoms with E-state index in [9.17, 15) is 13.2 Å². The third-order valence-electron chi connectivity index (χ3n) is 6.10. The summed E-state index contributed by atoms with van der Waals surface area (Å²) >= 11 is 1.70. The molecule has 4 rings (SSSR count). The van der Waals surface area contributed by atoms with Gasteiger partial charge in [0.1, 0.15) is 10.7 Å². The lowest BCUT2D eigenvalue weighted by Crippen LogP contribution is -2.42. The van der Waals surface area contributed by atoms with Gasteiger partial charge < -0.3 is 10.2 Å². The highest BCUT2D eigenvalue weighted by atomic mass is 32.2. The highest BCUT2D eigenvalue weighted by Gasteiger charge is 2.32. The van der Waals surface area contributed by atoms with Crippen LogP contribution in [0.5, 0.6) is 0 Å². The number of carbonyl (C=O) groups excluding carboxylic acids is 1. The van der Waals surface area contributed by atoms with Crippen molar-refractivity contribution < 1.29 is 13.2 Å². The van der Waals surface area contributed by atoms with Crippen molar-refractivity contribution in [2.45, 2.75) is 43.4 Å². The molecule has 4 heterocycles. The number of carbonyl (C=O) groups is 1. The minimum Gasteiger partial charge on any atom is -0.355 e. The summed E-state index contributed by atoms with van der Waals surface area (Å²) in [6.07, 6.45) is 6.79. The summed E-state index contributed by atoms with van der Waals surface area (Å²) in [5, 5.41) is 5.10. The summed E-state index contributed by atoms with van der Waals surface area (Å²) in [5.41, 5.74) is 0. The van der Waals surface area contributed by atoms with Crippen LogP contribution in [0.25, 0.3) is 0 Å². The largest absolute Gasteiger partial charge is 0.355 e. The Hall–Kier alpha value is -1.97. The number of aromatic nitrogens is 1. The van der Waals surface area contributed by atoms with E-state index in [1.165, 1.54) is 4.88 Å². The average molecular weight is 463 g/mol. The zero-order valence-electron chi connectivity index (χ0n) is 17.7. The van der Waals surface area contributed by atoms with Crippen LogP contribution in [0, 0.1) is 5.92 Å². The van der Waals surface area contributed by atoms with E-state index >= 15 is 0 Å². The summed E-state index contributed by atoms with van der Waals surface area (Å²) in [6.45, 7) is 3.05. The van der Waals surface area contributed by atoms with Gasteiger partial charge in [0.2, 0.25) is 15.9 Å². The Morgan fingerprint density at radius 3 is 2.58 bits per heavy atom. The number of thiophene rings is 1. The van der Waals surface area contributed by atoms with Crippen LogP contribution in [-0.4, -0.2) is 56.3 Å². The molecule has 0 bridgehead atoms. The second kappa shape index (κ2) is 10.1. The van der Waals surface area contributed by atoms with Crippen molar-refractivity contribution in [3.05, 3.63) is 40.7 Å². The number of sulfonamides is 1. The van der Waals surface area contributed by atoms with Gasteiger partial charge in [-0.25, -0.2) is 13.4 Å². The van der Waals surface area contributed by atoms with Crippen LogP contribution < -0.4 is 10.2 Å². The standard InChI is InChI=1S/C22H30N4O3S2/c27-22(24-12-8-19-6-5-17-30-19)18-9-15-25(16-10-18)21-20(7-4-11-23-21)31(28,29)26-13-2-1-3-14-26/h4-7,11,17-18H,1-3,8-10,12-16H2,(H,24,27). The van der Waals surface area contributed by atoms with Crippen molar-refractivity contribution in [2.75, 3.05) is 37.6 Å². The molecule has 0 saturated carbocycles.